The fourth-order valence-corrected chi connectivity index (χ4v) is 2.37. The Labute approximate surface area is 138 Å². The van der Waals surface area contributed by atoms with E-state index in [0.717, 1.165) is 16.6 Å². The Morgan fingerprint density at radius 2 is 2.00 bits per heavy atom. The molecule has 0 fully saturated rings. The lowest BCUT2D eigenvalue weighted by atomic mass is 10.1. The van der Waals surface area contributed by atoms with Gasteiger partial charge in [-0.2, -0.15) is 0 Å². The van der Waals surface area contributed by atoms with Crippen molar-refractivity contribution in [3.63, 3.8) is 0 Å². The second kappa shape index (κ2) is 6.37. The predicted octanol–water partition coefficient (Wildman–Crippen LogP) is 2.92. The van der Waals surface area contributed by atoms with Crippen molar-refractivity contribution in [1.29, 1.82) is 0 Å². The number of nitrogens with zero attached hydrogens (tertiary/aromatic N) is 2. The van der Waals surface area contributed by atoms with Gasteiger partial charge in [0.2, 0.25) is 5.91 Å². The maximum Gasteiger partial charge on any atom is 0.337 e. The average Bonchev–Trinajstić information content (AvgIpc) is 2.94. The monoisotopic (exact) mass is 321 g/mol. The van der Waals surface area contributed by atoms with Crippen molar-refractivity contribution < 1.29 is 14.7 Å². The minimum absolute atomic E-state index is 0.0514. The number of aromatic carboxylic acids is 1. The highest BCUT2D eigenvalue weighted by atomic mass is 16.4. The number of aromatic nitrogens is 2. The van der Waals surface area contributed by atoms with Crippen LogP contribution in [0.1, 0.15) is 15.9 Å². The standard InChI is InChI=1S/C18H15N3O3/c1-21-11-19-15-8-6-12(10-16(15)21)7-9-17(22)20-14-5-3-2-4-13(14)18(23)24/h2-11H,1H3,(H,20,22)(H,23,24)/b9-7+. The minimum Gasteiger partial charge on any atom is -0.478 e. The smallest absolute Gasteiger partial charge is 0.337 e. The number of benzene rings is 2. The molecule has 24 heavy (non-hydrogen) atoms. The van der Waals surface area contributed by atoms with E-state index in [1.54, 1.807) is 30.6 Å². The number of amides is 1. The van der Waals surface area contributed by atoms with Crippen molar-refractivity contribution in [2.45, 2.75) is 0 Å². The van der Waals surface area contributed by atoms with Gasteiger partial charge >= 0.3 is 5.97 Å². The molecule has 3 rings (SSSR count). The van der Waals surface area contributed by atoms with Gasteiger partial charge < -0.3 is 15.0 Å². The fraction of sp³-hybridized carbons (Fsp3) is 0.0556. The number of carboxylic acids is 1. The van der Waals surface area contributed by atoms with Crippen molar-refractivity contribution in [2.24, 2.45) is 7.05 Å². The largest absolute Gasteiger partial charge is 0.478 e. The van der Waals surface area contributed by atoms with E-state index in [4.69, 9.17) is 5.11 Å². The third kappa shape index (κ3) is 3.17. The second-order valence-electron chi connectivity index (χ2n) is 5.28. The van der Waals surface area contributed by atoms with Crippen LogP contribution in [0, 0.1) is 0 Å². The van der Waals surface area contributed by atoms with Crippen molar-refractivity contribution in [2.75, 3.05) is 5.32 Å². The molecule has 0 aliphatic carbocycles. The molecule has 0 bridgehead atoms. The summed E-state index contributed by atoms with van der Waals surface area (Å²) in [7, 11) is 1.90. The van der Waals surface area contributed by atoms with E-state index >= 15 is 0 Å². The Bertz CT molecular complexity index is 957. The summed E-state index contributed by atoms with van der Waals surface area (Å²) in [5.74, 6) is -1.48. The lowest BCUT2D eigenvalue weighted by Gasteiger charge is -2.05. The quantitative estimate of drug-likeness (QED) is 0.724. The normalized spacial score (nSPS) is 11.0. The maximum atomic E-state index is 12.0. The lowest BCUT2D eigenvalue weighted by Crippen LogP contribution is -2.11. The molecule has 1 heterocycles. The predicted molar refractivity (Wildman–Crippen MR) is 91.8 cm³/mol. The van der Waals surface area contributed by atoms with Crippen LogP contribution in [0.3, 0.4) is 0 Å². The Hall–Kier alpha value is -3.41. The lowest BCUT2D eigenvalue weighted by molar-refractivity contribution is -0.111. The van der Waals surface area contributed by atoms with Gasteiger partial charge in [0.15, 0.2) is 0 Å². The van der Waals surface area contributed by atoms with Crippen LogP contribution >= 0.6 is 0 Å². The molecule has 6 nitrogen and oxygen atoms in total. The number of para-hydroxylation sites is 1. The second-order valence-corrected chi connectivity index (χ2v) is 5.28. The number of carbonyl (C=O) groups is 2. The van der Waals surface area contributed by atoms with Crippen LogP contribution in [0.2, 0.25) is 0 Å². The molecule has 6 heteroatoms. The maximum absolute atomic E-state index is 12.0. The van der Waals surface area contributed by atoms with Crippen molar-refractivity contribution in [3.05, 3.63) is 66.0 Å². The molecular weight excluding hydrogens is 306 g/mol. The number of fused-ring (bicyclic) bond motifs is 1. The van der Waals surface area contributed by atoms with Gasteiger partial charge in [0.05, 0.1) is 28.6 Å². The van der Waals surface area contributed by atoms with E-state index in [-0.39, 0.29) is 11.3 Å². The first-order chi connectivity index (χ1) is 11.5. The average molecular weight is 321 g/mol. The van der Waals surface area contributed by atoms with Crippen LogP contribution in [0.4, 0.5) is 5.69 Å². The Morgan fingerprint density at radius 1 is 1.21 bits per heavy atom. The molecule has 2 N–H and O–H groups in total. The molecule has 1 amide bonds. The molecule has 1 aromatic heterocycles. The first-order valence-corrected chi connectivity index (χ1v) is 7.27. The summed E-state index contributed by atoms with van der Waals surface area (Å²) in [4.78, 5) is 27.4. The van der Waals surface area contributed by atoms with Crippen LogP contribution in [-0.4, -0.2) is 26.5 Å². The Kier molecular flexibility index (Phi) is 4.11. The zero-order valence-electron chi connectivity index (χ0n) is 12.9. The highest BCUT2D eigenvalue weighted by molar-refractivity contribution is 6.06. The molecule has 0 saturated carbocycles. The van der Waals surface area contributed by atoms with Crippen molar-refractivity contribution in [3.8, 4) is 0 Å². The number of hydrogen-bond acceptors (Lipinski definition) is 3. The van der Waals surface area contributed by atoms with Crippen LogP contribution in [0.5, 0.6) is 0 Å². The first-order valence-electron chi connectivity index (χ1n) is 7.27. The highest BCUT2D eigenvalue weighted by Gasteiger charge is 2.10. The van der Waals surface area contributed by atoms with Gasteiger partial charge in [-0.15, -0.1) is 0 Å². The summed E-state index contributed by atoms with van der Waals surface area (Å²) in [5, 5.41) is 11.7. The minimum atomic E-state index is -1.09. The van der Waals surface area contributed by atoms with Gasteiger partial charge in [0.25, 0.3) is 0 Å². The SMILES string of the molecule is Cn1cnc2ccc(/C=C/C(=O)Nc3ccccc3C(=O)O)cc21. The number of rotatable bonds is 4. The summed E-state index contributed by atoms with van der Waals surface area (Å²) in [6.45, 7) is 0. The molecule has 2 aromatic carbocycles. The molecule has 0 atom stereocenters. The zero-order valence-corrected chi connectivity index (χ0v) is 12.9. The Balaban J connectivity index is 1.77. The number of anilines is 1. The molecule has 0 saturated heterocycles. The Morgan fingerprint density at radius 3 is 2.79 bits per heavy atom. The van der Waals surface area contributed by atoms with Crippen LogP contribution in [0.25, 0.3) is 17.1 Å². The fourth-order valence-electron chi connectivity index (χ4n) is 2.37. The van der Waals surface area contributed by atoms with E-state index in [1.165, 1.54) is 12.1 Å². The van der Waals surface area contributed by atoms with Gasteiger partial charge in [-0.25, -0.2) is 9.78 Å². The number of nitrogens with one attached hydrogen (secondary N) is 1. The molecule has 0 aliphatic heterocycles. The third-order valence-corrected chi connectivity index (χ3v) is 3.59. The molecule has 0 radical (unpaired) electrons. The summed E-state index contributed by atoms with van der Waals surface area (Å²) >= 11 is 0. The number of carboxylic acid groups (broad SMARTS) is 1. The van der Waals surface area contributed by atoms with Gasteiger partial charge in [0.1, 0.15) is 0 Å². The summed E-state index contributed by atoms with van der Waals surface area (Å²) in [6.07, 6.45) is 4.77. The molecule has 0 spiro atoms. The summed E-state index contributed by atoms with van der Waals surface area (Å²) in [5.41, 5.74) is 3.02. The van der Waals surface area contributed by atoms with Gasteiger partial charge in [-0.3, -0.25) is 4.79 Å². The van der Waals surface area contributed by atoms with Gasteiger partial charge in [-0.1, -0.05) is 18.2 Å². The first kappa shape index (κ1) is 15.5. The topological polar surface area (TPSA) is 84.2 Å². The van der Waals surface area contributed by atoms with Crippen LogP contribution in [0.15, 0.2) is 54.9 Å². The molecule has 0 unspecified atom stereocenters. The number of aryl methyl sites for hydroxylation is 1. The molecular formula is C18H15N3O3. The van der Waals surface area contributed by atoms with Crippen LogP contribution < -0.4 is 5.32 Å². The van der Waals surface area contributed by atoms with E-state index < -0.39 is 11.9 Å². The van der Waals surface area contributed by atoms with Crippen molar-refractivity contribution >= 4 is 34.7 Å². The van der Waals surface area contributed by atoms with E-state index in [1.807, 2.05) is 29.8 Å². The summed E-state index contributed by atoms with van der Waals surface area (Å²) < 4.78 is 1.90. The number of hydrogen-bond donors (Lipinski definition) is 2. The number of carbonyl (C=O) groups excluding carboxylic acids is 1. The van der Waals surface area contributed by atoms with Crippen molar-refractivity contribution in [1.82, 2.24) is 9.55 Å². The van der Waals surface area contributed by atoms with Gasteiger partial charge in [-0.05, 0) is 35.9 Å². The van der Waals surface area contributed by atoms with E-state index in [9.17, 15) is 9.59 Å². The number of imidazole rings is 1. The third-order valence-electron chi connectivity index (χ3n) is 3.59. The van der Waals surface area contributed by atoms with E-state index in [2.05, 4.69) is 10.3 Å². The molecule has 120 valence electrons. The highest BCUT2D eigenvalue weighted by Crippen LogP contribution is 2.16. The molecule has 3 aromatic rings. The van der Waals surface area contributed by atoms with Crippen LogP contribution in [-0.2, 0) is 11.8 Å². The zero-order chi connectivity index (χ0) is 17.1. The summed E-state index contributed by atoms with van der Waals surface area (Å²) in [6, 6.07) is 11.9. The van der Waals surface area contributed by atoms with Gasteiger partial charge in [0, 0.05) is 13.1 Å². The van der Waals surface area contributed by atoms with E-state index in [0.29, 0.717) is 0 Å². The molecule has 0 aliphatic rings.